The number of rotatable bonds is 5. The molecule has 4 aromatic rings. The van der Waals surface area contributed by atoms with Crippen LogP contribution in [-0.2, 0) is 14.8 Å². The molecule has 4 rings (SSSR count). The van der Waals surface area contributed by atoms with Gasteiger partial charge in [0.05, 0.1) is 28.2 Å². The number of sulfonamides is 1. The van der Waals surface area contributed by atoms with Crippen LogP contribution in [0.2, 0.25) is 0 Å². The highest BCUT2D eigenvalue weighted by Gasteiger charge is 2.17. The van der Waals surface area contributed by atoms with E-state index in [0.29, 0.717) is 17.0 Å². The van der Waals surface area contributed by atoms with Crippen molar-refractivity contribution in [2.24, 2.45) is 0 Å². The molecule has 0 aliphatic heterocycles. The van der Waals surface area contributed by atoms with Crippen LogP contribution in [0.15, 0.2) is 71.8 Å². The molecule has 2 heterocycles. The molecule has 9 heteroatoms. The van der Waals surface area contributed by atoms with Crippen LogP contribution in [-0.4, -0.2) is 29.1 Å². The molecule has 2 N–H and O–H groups in total. The van der Waals surface area contributed by atoms with E-state index in [2.05, 4.69) is 20.1 Å². The van der Waals surface area contributed by atoms with Crippen LogP contribution in [0, 0.1) is 6.92 Å². The van der Waals surface area contributed by atoms with Gasteiger partial charge in [-0.2, -0.15) is 5.10 Å². The third-order valence-corrected chi connectivity index (χ3v) is 5.84. The average Bonchev–Trinajstić information content (AvgIpc) is 3.04. The second-order valence-corrected chi connectivity index (χ2v) is 8.42. The fraction of sp³-hybridized carbons (Fsp3) is 0.0952. The van der Waals surface area contributed by atoms with Gasteiger partial charge in [0.1, 0.15) is 0 Å². The zero-order chi connectivity index (χ0) is 21.3. The number of para-hydroxylation sites is 1. The van der Waals surface area contributed by atoms with E-state index in [4.69, 9.17) is 0 Å². The number of hydrogen-bond donors (Lipinski definition) is 2. The summed E-state index contributed by atoms with van der Waals surface area (Å²) in [4.78, 5) is 15.6. The lowest BCUT2D eigenvalue weighted by atomic mass is 10.2. The predicted molar refractivity (Wildman–Crippen MR) is 115 cm³/mol. The normalized spacial score (nSPS) is 11.4. The zero-order valence-corrected chi connectivity index (χ0v) is 17.1. The number of nitrogens with one attached hydrogen (secondary N) is 2. The Bertz CT molecular complexity index is 1330. The van der Waals surface area contributed by atoms with Crippen molar-refractivity contribution >= 4 is 38.3 Å². The first-order valence-electron chi connectivity index (χ1n) is 9.15. The molecule has 0 aliphatic rings. The van der Waals surface area contributed by atoms with E-state index < -0.39 is 10.0 Å². The van der Waals surface area contributed by atoms with Gasteiger partial charge in [0.15, 0.2) is 5.65 Å². The Hall–Kier alpha value is -3.72. The molecule has 0 radical (unpaired) electrons. The molecule has 0 spiro atoms. The van der Waals surface area contributed by atoms with Crippen molar-refractivity contribution < 1.29 is 13.2 Å². The van der Waals surface area contributed by atoms with Crippen molar-refractivity contribution in [2.45, 2.75) is 18.7 Å². The minimum Gasteiger partial charge on any atom is -0.326 e. The fourth-order valence-electron chi connectivity index (χ4n) is 3.08. The number of nitrogens with zero attached hydrogens (tertiary/aromatic N) is 3. The van der Waals surface area contributed by atoms with Crippen molar-refractivity contribution in [1.29, 1.82) is 0 Å². The molecule has 0 fully saturated rings. The summed E-state index contributed by atoms with van der Waals surface area (Å²) < 4.78 is 29.7. The van der Waals surface area contributed by atoms with Gasteiger partial charge in [-0.1, -0.05) is 18.2 Å². The predicted octanol–water partition coefficient (Wildman–Crippen LogP) is 3.49. The third-order valence-electron chi connectivity index (χ3n) is 4.45. The van der Waals surface area contributed by atoms with Gasteiger partial charge in [-0.3, -0.25) is 9.52 Å². The summed E-state index contributed by atoms with van der Waals surface area (Å²) >= 11 is 0. The van der Waals surface area contributed by atoms with Gasteiger partial charge < -0.3 is 5.32 Å². The maximum absolute atomic E-state index is 12.7. The highest BCUT2D eigenvalue weighted by Crippen LogP contribution is 2.24. The van der Waals surface area contributed by atoms with Gasteiger partial charge in [0.2, 0.25) is 5.91 Å². The number of hydrogen-bond acceptors (Lipinski definition) is 5. The first kappa shape index (κ1) is 19.6. The monoisotopic (exact) mass is 421 g/mol. The van der Waals surface area contributed by atoms with Crippen LogP contribution >= 0.6 is 0 Å². The van der Waals surface area contributed by atoms with Crippen LogP contribution < -0.4 is 10.0 Å². The van der Waals surface area contributed by atoms with E-state index >= 15 is 0 Å². The molecule has 0 bridgehead atoms. The van der Waals surface area contributed by atoms with E-state index in [1.807, 2.05) is 37.3 Å². The smallest absolute Gasteiger partial charge is 0.261 e. The number of benzene rings is 2. The summed E-state index contributed by atoms with van der Waals surface area (Å²) in [5, 5.41) is 7.88. The van der Waals surface area contributed by atoms with Crippen molar-refractivity contribution in [3.63, 3.8) is 0 Å². The van der Waals surface area contributed by atoms with Crippen molar-refractivity contribution in [1.82, 2.24) is 14.8 Å². The van der Waals surface area contributed by atoms with Gasteiger partial charge in [0.25, 0.3) is 10.0 Å². The second kappa shape index (κ2) is 7.60. The molecular formula is C21H19N5O3S. The summed E-state index contributed by atoms with van der Waals surface area (Å²) in [5.74, 6) is -0.227. The van der Waals surface area contributed by atoms with Crippen LogP contribution in [0.4, 0.5) is 11.4 Å². The first-order chi connectivity index (χ1) is 14.3. The number of aromatic nitrogens is 3. The topological polar surface area (TPSA) is 106 Å². The Labute approximate surface area is 173 Å². The maximum atomic E-state index is 12.7. The van der Waals surface area contributed by atoms with E-state index in [1.165, 1.54) is 37.4 Å². The highest BCUT2D eigenvalue weighted by atomic mass is 32.2. The number of carbonyl (C=O) groups excluding carboxylic acids is 1. The Morgan fingerprint density at radius 3 is 2.37 bits per heavy atom. The molecule has 2 aromatic heterocycles. The highest BCUT2D eigenvalue weighted by molar-refractivity contribution is 7.92. The van der Waals surface area contributed by atoms with E-state index in [0.717, 1.165) is 16.8 Å². The van der Waals surface area contributed by atoms with E-state index in [1.54, 1.807) is 10.7 Å². The minimum atomic E-state index is -3.82. The number of aryl methyl sites for hydroxylation is 1. The molecule has 0 unspecified atom stereocenters. The van der Waals surface area contributed by atoms with E-state index in [-0.39, 0.29) is 10.8 Å². The van der Waals surface area contributed by atoms with Crippen LogP contribution in [0.1, 0.15) is 12.6 Å². The number of pyridine rings is 1. The van der Waals surface area contributed by atoms with Crippen molar-refractivity contribution in [3.05, 3.63) is 72.6 Å². The SMILES string of the molecule is CC(=O)Nc1ccc(S(=O)(=O)Nc2cnc3c(c2)c(C)nn3-c2ccccc2)cc1. The van der Waals surface area contributed by atoms with E-state index in [9.17, 15) is 13.2 Å². The largest absolute Gasteiger partial charge is 0.326 e. The molecule has 8 nitrogen and oxygen atoms in total. The lowest BCUT2D eigenvalue weighted by Crippen LogP contribution is -2.13. The summed E-state index contributed by atoms with van der Waals surface area (Å²) in [6, 6.07) is 17.2. The Kier molecular flexibility index (Phi) is 4.96. The Morgan fingerprint density at radius 1 is 1.00 bits per heavy atom. The van der Waals surface area contributed by atoms with Crippen LogP contribution in [0.3, 0.4) is 0 Å². The van der Waals surface area contributed by atoms with Crippen molar-refractivity contribution in [3.8, 4) is 5.69 Å². The number of carbonyl (C=O) groups is 1. The molecule has 30 heavy (non-hydrogen) atoms. The molecule has 1 amide bonds. The van der Waals surface area contributed by atoms with Gasteiger partial charge in [-0.15, -0.1) is 0 Å². The molecular weight excluding hydrogens is 402 g/mol. The Balaban J connectivity index is 1.64. The van der Waals surface area contributed by atoms with Crippen LogP contribution in [0.25, 0.3) is 16.7 Å². The maximum Gasteiger partial charge on any atom is 0.261 e. The first-order valence-corrected chi connectivity index (χ1v) is 10.6. The van der Waals surface area contributed by atoms with Gasteiger partial charge in [0, 0.05) is 18.0 Å². The zero-order valence-electron chi connectivity index (χ0n) is 16.3. The average molecular weight is 421 g/mol. The summed E-state index contributed by atoms with van der Waals surface area (Å²) in [5.41, 5.74) is 3.11. The molecule has 2 aromatic carbocycles. The second-order valence-electron chi connectivity index (χ2n) is 6.74. The van der Waals surface area contributed by atoms with Gasteiger partial charge in [-0.05, 0) is 49.4 Å². The summed E-state index contributed by atoms with van der Waals surface area (Å²) in [7, 11) is -3.82. The molecule has 0 saturated carbocycles. The quantitative estimate of drug-likeness (QED) is 0.513. The summed E-state index contributed by atoms with van der Waals surface area (Å²) in [6.07, 6.45) is 1.46. The van der Waals surface area contributed by atoms with Gasteiger partial charge in [-0.25, -0.2) is 18.1 Å². The molecule has 0 saturated heterocycles. The number of fused-ring (bicyclic) bond motifs is 1. The molecule has 0 atom stereocenters. The Morgan fingerprint density at radius 2 is 1.70 bits per heavy atom. The number of amides is 1. The number of anilines is 2. The lowest BCUT2D eigenvalue weighted by molar-refractivity contribution is -0.114. The van der Waals surface area contributed by atoms with Crippen LogP contribution in [0.5, 0.6) is 0 Å². The minimum absolute atomic E-state index is 0.0772. The molecule has 152 valence electrons. The standard InChI is InChI=1S/C21H19N5O3S/c1-14-20-12-17(13-22-21(20)26(24-14)18-6-4-3-5-7-18)25-30(28,29)19-10-8-16(9-11-19)23-15(2)27/h3-13,25H,1-2H3,(H,23,27). The third kappa shape index (κ3) is 3.87. The molecule has 0 aliphatic carbocycles. The lowest BCUT2D eigenvalue weighted by Gasteiger charge is -2.09. The fourth-order valence-corrected chi connectivity index (χ4v) is 4.12. The summed E-state index contributed by atoms with van der Waals surface area (Å²) in [6.45, 7) is 3.24. The van der Waals surface area contributed by atoms with Gasteiger partial charge >= 0.3 is 0 Å². The van der Waals surface area contributed by atoms with Crippen molar-refractivity contribution in [2.75, 3.05) is 10.0 Å².